The molecule has 2 aliphatic heterocycles. The molecule has 16 heavy (non-hydrogen) atoms. The predicted octanol–water partition coefficient (Wildman–Crippen LogP) is 0.351. The molecule has 0 unspecified atom stereocenters. The van der Waals surface area contributed by atoms with Gasteiger partial charge in [0.05, 0.1) is 17.9 Å². The molecule has 0 saturated carbocycles. The molecule has 2 rings (SSSR count). The number of rotatable bonds is 1. The number of hydrazine groups is 1. The van der Waals surface area contributed by atoms with Crippen molar-refractivity contribution in [2.75, 3.05) is 24.6 Å². The highest BCUT2D eigenvalue weighted by atomic mass is 35.5. The van der Waals surface area contributed by atoms with Gasteiger partial charge in [-0.3, -0.25) is 10.2 Å². The van der Waals surface area contributed by atoms with Gasteiger partial charge in [0.2, 0.25) is 5.28 Å². The van der Waals surface area contributed by atoms with Gasteiger partial charge >= 0.3 is 11.6 Å². The van der Waals surface area contributed by atoms with Crippen molar-refractivity contribution >= 4 is 30.1 Å². The second-order valence-corrected chi connectivity index (χ2v) is 4.49. The number of allylic oxidation sites excluding steroid dienone is 1. The van der Waals surface area contributed by atoms with Gasteiger partial charge in [-0.1, -0.05) is 0 Å². The summed E-state index contributed by atoms with van der Waals surface area (Å²) in [5.41, 5.74) is 0.224. The van der Waals surface area contributed by atoms with Crippen LogP contribution in [-0.4, -0.2) is 40.3 Å². The van der Waals surface area contributed by atoms with E-state index in [1.807, 2.05) is 16.8 Å². The molecule has 8 heteroatoms. The maximum absolute atomic E-state index is 11.3. The maximum Gasteiger partial charge on any atom is 0.324 e. The smallest absolute Gasteiger partial charge is 0.324 e. The molecule has 0 atom stereocenters. The van der Waals surface area contributed by atoms with Crippen LogP contribution in [0.25, 0.3) is 0 Å². The van der Waals surface area contributed by atoms with Gasteiger partial charge in [-0.2, -0.15) is 16.8 Å². The van der Waals surface area contributed by atoms with E-state index in [2.05, 4.69) is 5.28 Å². The fourth-order valence-electron chi connectivity index (χ4n) is 1.49. The summed E-state index contributed by atoms with van der Waals surface area (Å²) >= 11 is 1.87. The maximum atomic E-state index is 11.3. The molecule has 0 aromatic rings. The third kappa shape index (κ3) is 2.41. The van der Waals surface area contributed by atoms with Crippen LogP contribution in [0, 0.1) is 5.41 Å². The summed E-state index contributed by atoms with van der Waals surface area (Å²) < 4.78 is 0. The zero-order chi connectivity index (χ0) is 10.8. The van der Waals surface area contributed by atoms with Crippen LogP contribution in [0.15, 0.2) is 16.7 Å². The van der Waals surface area contributed by atoms with E-state index in [1.165, 1.54) is 11.7 Å². The van der Waals surface area contributed by atoms with E-state index in [0.717, 1.165) is 24.6 Å². The first-order valence-electron chi connectivity index (χ1n) is 4.67. The second-order valence-electron chi connectivity index (χ2n) is 3.26. The summed E-state index contributed by atoms with van der Waals surface area (Å²) in [6.45, 7) is 3.06. The standard InChI is InChI=1S/C8H12N4O2S.ClH/c1-6(13)7-8(9)14-10-12(7)11-2-4-15-5-3-11;/h2-5H2,1H3,(H-,9,10,13);1H. The second kappa shape index (κ2) is 5.40. The van der Waals surface area contributed by atoms with Crippen molar-refractivity contribution in [2.24, 2.45) is 5.28 Å². The number of nitrogens with zero attached hydrogens (tertiary/aromatic N) is 3. The molecule has 0 bridgehead atoms. The van der Waals surface area contributed by atoms with Crippen LogP contribution in [0.1, 0.15) is 6.92 Å². The first-order chi connectivity index (χ1) is 7.20. The highest BCUT2D eigenvalue weighted by Crippen LogP contribution is 2.18. The Kier molecular flexibility index (Phi) is 4.43. The zero-order valence-electron chi connectivity index (χ0n) is 8.80. The van der Waals surface area contributed by atoms with E-state index in [-0.39, 0.29) is 29.8 Å². The fourth-order valence-corrected chi connectivity index (χ4v) is 2.38. The van der Waals surface area contributed by atoms with Crippen LogP contribution in [0.4, 0.5) is 0 Å². The van der Waals surface area contributed by atoms with Crippen molar-refractivity contribution in [3.05, 3.63) is 11.5 Å². The summed E-state index contributed by atoms with van der Waals surface area (Å²) in [4.78, 5) is 6.14. The minimum Gasteiger partial charge on any atom is -0.871 e. The minimum absolute atomic E-state index is 0. The average Bonchev–Trinajstić information content (AvgIpc) is 2.61. The highest BCUT2D eigenvalue weighted by Gasteiger charge is 2.37. The molecule has 90 valence electrons. The van der Waals surface area contributed by atoms with Crippen molar-refractivity contribution in [1.82, 2.24) is 5.01 Å². The Labute approximate surface area is 104 Å². The van der Waals surface area contributed by atoms with Crippen molar-refractivity contribution in [3.8, 4) is 0 Å². The zero-order valence-corrected chi connectivity index (χ0v) is 10.4. The van der Waals surface area contributed by atoms with Gasteiger partial charge in [-0.15, -0.1) is 12.4 Å². The predicted molar refractivity (Wildman–Crippen MR) is 60.3 cm³/mol. The summed E-state index contributed by atoms with van der Waals surface area (Å²) in [6.07, 6.45) is 0. The first-order valence-corrected chi connectivity index (χ1v) is 5.83. The highest BCUT2D eigenvalue weighted by molar-refractivity contribution is 7.99. The van der Waals surface area contributed by atoms with Crippen LogP contribution < -0.4 is 5.11 Å². The van der Waals surface area contributed by atoms with E-state index in [1.54, 1.807) is 0 Å². The monoisotopic (exact) mass is 264 g/mol. The number of thioether (sulfide) groups is 1. The van der Waals surface area contributed by atoms with Gasteiger partial charge in [0.1, 0.15) is 0 Å². The van der Waals surface area contributed by atoms with Crippen molar-refractivity contribution in [2.45, 2.75) is 6.92 Å². The van der Waals surface area contributed by atoms with Gasteiger partial charge < -0.3 is 5.11 Å². The lowest BCUT2D eigenvalue weighted by atomic mass is 10.4. The molecule has 0 spiro atoms. The van der Waals surface area contributed by atoms with Gasteiger partial charge in [-0.25, -0.2) is 0 Å². The largest absolute Gasteiger partial charge is 0.871 e. The summed E-state index contributed by atoms with van der Waals surface area (Å²) in [6, 6.07) is 0. The van der Waals surface area contributed by atoms with Gasteiger partial charge in [0.15, 0.2) is 0 Å². The van der Waals surface area contributed by atoms with Crippen LogP contribution in [0.3, 0.4) is 0 Å². The van der Waals surface area contributed by atoms with E-state index in [4.69, 9.17) is 10.2 Å². The van der Waals surface area contributed by atoms with E-state index in [0.29, 0.717) is 0 Å². The van der Waals surface area contributed by atoms with E-state index < -0.39 is 0 Å². The Balaban J connectivity index is 0.00000128. The molecule has 1 fully saturated rings. The van der Waals surface area contributed by atoms with Gasteiger partial charge in [-0.05, 0) is 12.7 Å². The number of nitrogens with one attached hydrogen (secondary N) is 1. The summed E-state index contributed by atoms with van der Waals surface area (Å²) in [7, 11) is 0. The van der Waals surface area contributed by atoms with Gasteiger partial charge in [0, 0.05) is 11.5 Å². The molecule has 0 aromatic heterocycles. The SMILES string of the molecule is CC([O-])=C1C(=N)ON=[N+]1N1CCSCC1.Cl. The number of halogens is 1. The molecular weight excluding hydrogens is 252 g/mol. The van der Waals surface area contributed by atoms with Crippen molar-refractivity contribution in [1.29, 1.82) is 5.41 Å². The number of hydrogen-bond acceptors (Lipinski definition) is 6. The van der Waals surface area contributed by atoms with Crippen LogP contribution in [-0.2, 0) is 4.84 Å². The lowest BCUT2D eigenvalue weighted by molar-refractivity contribution is -0.707. The molecule has 2 aliphatic rings. The first kappa shape index (κ1) is 13.1. The van der Waals surface area contributed by atoms with E-state index in [9.17, 15) is 5.11 Å². The molecular formula is C8H13ClN4O2S. The lowest BCUT2D eigenvalue weighted by Gasteiger charge is -2.20. The Morgan fingerprint density at radius 3 is 2.75 bits per heavy atom. The molecule has 1 saturated heterocycles. The molecule has 0 amide bonds. The van der Waals surface area contributed by atoms with Crippen LogP contribution in [0.5, 0.6) is 0 Å². The molecule has 0 aliphatic carbocycles. The quantitative estimate of drug-likeness (QED) is 0.548. The summed E-state index contributed by atoms with van der Waals surface area (Å²) in [5.74, 6) is 1.65. The topological polar surface area (TPSA) is 74.8 Å². The molecule has 1 N–H and O–H groups in total. The lowest BCUT2D eigenvalue weighted by Crippen LogP contribution is -2.40. The molecule has 0 radical (unpaired) electrons. The Hall–Kier alpha value is -0.950. The Morgan fingerprint density at radius 1 is 1.56 bits per heavy atom. The third-order valence-corrected chi connectivity index (χ3v) is 3.16. The van der Waals surface area contributed by atoms with Crippen molar-refractivity contribution < 1.29 is 14.8 Å². The third-order valence-electron chi connectivity index (χ3n) is 2.21. The van der Waals surface area contributed by atoms with E-state index >= 15 is 0 Å². The molecule has 6 nitrogen and oxygen atoms in total. The Morgan fingerprint density at radius 2 is 2.19 bits per heavy atom. The van der Waals surface area contributed by atoms with Crippen LogP contribution in [0.2, 0.25) is 0 Å². The summed E-state index contributed by atoms with van der Waals surface area (Å²) in [5, 5.41) is 24.4. The number of hydrogen-bond donors (Lipinski definition) is 1. The minimum atomic E-state index is -0.195. The molecule has 2 heterocycles. The normalized spacial score (nSPS) is 23.4. The van der Waals surface area contributed by atoms with Crippen molar-refractivity contribution in [3.63, 3.8) is 0 Å². The van der Waals surface area contributed by atoms with Crippen LogP contribution >= 0.6 is 24.2 Å². The Bertz CT molecular complexity index is 348. The average molecular weight is 265 g/mol. The molecule has 0 aromatic carbocycles. The van der Waals surface area contributed by atoms with Gasteiger partial charge in [0.25, 0.3) is 0 Å². The fraction of sp³-hybridized carbons (Fsp3) is 0.625.